The van der Waals surface area contributed by atoms with Gasteiger partial charge in [0.25, 0.3) is 0 Å². The summed E-state index contributed by atoms with van der Waals surface area (Å²) < 4.78 is 52.6. The summed E-state index contributed by atoms with van der Waals surface area (Å²) in [6.45, 7) is 0.925. The summed E-state index contributed by atoms with van der Waals surface area (Å²) in [5, 5.41) is 0. The number of amides is 1. The van der Waals surface area contributed by atoms with Crippen molar-refractivity contribution in [2.24, 2.45) is 11.8 Å². The van der Waals surface area contributed by atoms with Crippen LogP contribution in [0, 0.1) is 11.8 Å². The fraction of sp³-hybridized carbons (Fsp3) is 0.406. The Labute approximate surface area is 251 Å². The number of esters is 1. The zero-order valence-corrected chi connectivity index (χ0v) is 24.5. The molecule has 226 valence electrons. The molecule has 1 aromatic carbocycles. The van der Waals surface area contributed by atoms with Gasteiger partial charge in [0.05, 0.1) is 24.4 Å². The van der Waals surface area contributed by atoms with Crippen molar-refractivity contribution < 1.29 is 32.2 Å². The van der Waals surface area contributed by atoms with Gasteiger partial charge >= 0.3 is 12.1 Å². The van der Waals surface area contributed by atoms with Gasteiger partial charge in [0.2, 0.25) is 5.91 Å². The highest BCUT2D eigenvalue weighted by atomic mass is 32.1. The number of rotatable bonds is 6. The minimum absolute atomic E-state index is 0.0705. The SMILES string of the molecule is COC(=O)c1sc(-c2ccc(-c3cn4ccccc4n3)cc2)cc1N(C(=O)C1CCC(C(F)(F)F)CC1)C1CCOCC1. The van der Waals surface area contributed by atoms with E-state index in [1.807, 2.05) is 65.3 Å². The zero-order valence-electron chi connectivity index (χ0n) is 23.7. The molecule has 11 heteroatoms. The van der Waals surface area contributed by atoms with E-state index in [2.05, 4.69) is 4.98 Å². The molecule has 1 saturated carbocycles. The molecule has 2 aliphatic rings. The predicted octanol–water partition coefficient (Wildman–Crippen LogP) is 7.40. The molecule has 0 atom stereocenters. The monoisotopic (exact) mass is 611 g/mol. The van der Waals surface area contributed by atoms with Crippen LogP contribution in [-0.4, -0.2) is 53.8 Å². The molecule has 4 heterocycles. The Morgan fingerprint density at radius 3 is 2.35 bits per heavy atom. The lowest BCUT2D eigenvalue weighted by Crippen LogP contribution is -2.47. The van der Waals surface area contributed by atoms with E-state index in [-0.39, 0.29) is 37.6 Å². The summed E-state index contributed by atoms with van der Waals surface area (Å²) in [5.41, 5.74) is 3.92. The molecule has 0 spiro atoms. The number of hydrogen-bond donors (Lipinski definition) is 0. The number of imidazole rings is 1. The molecule has 0 unspecified atom stereocenters. The number of carbonyl (C=O) groups excluding carboxylic acids is 2. The molecular weight excluding hydrogens is 579 g/mol. The van der Waals surface area contributed by atoms with Crippen LogP contribution in [0.15, 0.2) is 60.9 Å². The van der Waals surface area contributed by atoms with E-state index in [9.17, 15) is 22.8 Å². The summed E-state index contributed by atoms with van der Waals surface area (Å²) in [6, 6.07) is 15.3. The van der Waals surface area contributed by atoms with Gasteiger partial charge < -0.3 is 18.8 Å². The smallest absolute Gasteiger partial charge is 0.391 e. The number of methoxy groups -OCH3 is 1. The second kappa shape index (κ2) is 12.1. The molecule has 6 rings (SSSR count). The van der Waals surface area contributed by atoms with Gasteiger partial charge in [0, 0.05) is 48.0 Å². The number of pyridine rings is 1. The summed E-state index contributed by atoms with van der Waals surface area (Å²) in [5.74, 6) is -2.71. The molecule has 0 bridgehead atoms. The first kappa shape index (κ1) is 29.4. The second-order valence-electron chi connectivity index (χ2n) is 11.1. The fourth-order valence-electron chi connectivity index (χ4n) is 6.12. The Morgan fingerprint density at radius 2 is 1.70 bits per heavy atom. The Kier molecular flexibility index (Phi) is 8.28. The molecule has 3 aromatic heterocycles. The Balaban J connectivity index is 1.32. The molecule has 4 aromatic rings. The summed E-state index contributed by atoms with van der Waals surface area (Å²) in [7, 11) is 1.30. The average Bonchev–Trinajstić information content (AvgIpc) is 3.66. The van der Waals surface area contributed by atoms with Gasteiger partial charge in [-0.05, 0) is 62.3 Å². The minimum Gasteiger partial charge on any atom is -0.465 e. The van der Waals surface area contributed by atoms with Gasteiger partial charge in [-0.2, -0.15) is 13.2 Å². The average molecular weight is 612 g/mol. The third-order valence-electron chi connectivity index (χ3n) is 8.50. The van der Waals surface area contributed by atoms with Gasteiger partial charge in [-0.25, -0.2) is 9.78 Å². The number of carbonyl (C=O) groups is 2. The number of benzene rings is 1. The van der Waals surface area contributed by atoms with Gasteiger partial charge in [-0.3, -0.25) is 4.79 Å². The first-order valence-corrected chi connectivity index (χ1v) is 15.3. The van der Waals surface area contributed by atoms with Crippen molar-refractivity contribution in [1.29, 1.82) is 0 Å². The third-order valence-corrected chi connectivity index (χ3v) is 9.66. The van der Waals surface area contributed by atoms with Crippen molar-refractivity contribution in [2.75, 3.05) is 25.2 Å². The van der Waals surface area contributed by atoms with Gasteiger partial charge in [0.15, 0.2) is 0 Å². The van der Waals surface area contributed by atoms with E-state index in [4.69, 9.17) is 9.47 Å². The van der Waals surface area contributed by atoms with E-state index in [0.717, 1.165) is 27.3 Å². The molecule has 0 radical (unpaired) electrons. The lowest BCUT2D eigenvalue weighted by Gasteiger charge is -2.38. The number of nitrogens with zero attached hydrogens (tertiary/aromatic N) is 3. The maximum Gasteiger partial charge on any atom is 0.391 e. The highest BCUT2D eigenvalue weighted by Gasteiger charge is 2.44. The summed E-state index contributed by atoms with van der Waals surface area (Å²) in [6.07, 6.45) is 0.979. The standard InChI is InChI=1S/C32H32F3N3O4S/c1-41-31(40)29-26(38(24-13-16-42-17-14-24)30(39)22-9-11-23(12-10-22)32(33,34)35)18-27(43-29)21-7-5-20(6-8-21)25-19-37-15-3-2-4-28(37)36-25/h2-8,15,18-19,22-24H,9-14,16-17H2,1H3. The highest BCUT2D eigenvalue weighted by Crippen LogP contribution is 2.43. The highest BCUT2D eigenvalue weighted by molar-refractivity contribution is 7.18. The number of alkyl halides is 3. The minimum atomic E-state index is -4.25. The Morgan fingerprint density at radius 1 is 1.00 bits per heavy atom. The molecule has 43 heavy (non-hydrogen) atoms. The number of hydrogen-bond acceptors (Lipinski definition) is 6. The van der Waals surface area contributed by atoms with Crippen LogP contribution < -0.4 is 4.90 Å². The van der Waals surface area contributed by atoms with Crippen molar-refractivity contribution in [2.45, 2.75) is 50.7 Å². The van der Waals surface area contributed by atoms with Crippen molar-refractivity contribution in [3.63, 3.8) is 0 Å². The molecule has 1 amide bonds. The van der Waals surface area contributed by atoms with Crippen LogP contribution in [0.4, 0.5) is 18.9 Å². The van der Waals surface area contributed by atoms with Gasteiger partial charge in [-0.15, -0.1) is 11.3 Å². The lowest BCUT2D eigenvalue weighted by atomic mass is 9.80. The van der Waals surface area contributed by atoms with Crippen LogP contribution in [0.2, 0.25) is 0 Å². The Bertz CT molecular complexity index is 1570. The predicted molar refractivity (Wildman–Crippen MR) is 158 cm³/mol. The van der Waals surface area contributed by atoms with Crippen LogP contribution >= 0.6 is 11.3 Å². The fourth-order valence-corrected chi connectivity index (χ4v) is 7.20. The molecular formula is C32H32F3N3O4S. The van der Waals surface area contributed by atoms with Crippen LogP contribution in [0.1, 0.15) is 48.2 Å². The van der Waals surface area contributed by atoms with Crippen LogP contribution in [-0.2, 0) is 14.3 Å². The van der Waals surface area contributed by atoms with Gasteiger partial charge in [0.1, 0.15) is 10.5 Å². The van der Waals surface area contributed by atoms with Crippen molar-refractivity contribution in [3.8, 4) is 21.7 Å². The molecule has 1 aliphatic carbocycles. The number of halogens is 3. The number of aromatic nitrogens is 2. The number of ether oxygens (including phenoxy) is 2. The largest absolute Gasteiger partial charge is 0.465 e. The third kappa shape index (κ3) is 6.05. The lowest BCUT2D eigenvalue weighted by molar-refractivity contribution is -0.184. The quantitative estimate of drug-likeness (QED) is 0.213. The van der Waals surface area contributed by atoms with Crippen molar-refractivity contribution in [1.82, 2.24) is 9.38 Å². The maximum atomic E-state index is 14.1. The molecule has 0 N–H and O–H groups in total. The van der Waals surface area contributed by atoms with Crippen LogP contribution in [0.3, 0.4) is 0 Å². The summed E-state index contributed by atoms with van der Waals surface area (Å²) in [4.78, 5) is 34.5. The van der Waals surface area contributed by atoms with E-state index >= 15 is 0 Å². The number of anilines is 1. The number of thiophene rings is 1. The molecule has 2 fully saturated rings. The second-order valence-corrected chi connectivity index (χ2v) is 12.2. The number of fused-ring (bicyclic) bond motifs is 1. The molecule has 1 saturated heterocycles. The normalized spacial score (nSPS) is 19.8. The van der Waals surface area contributed by atoms with E-state index < -0.39 is 24.0 Å². The van der Waals surface area contributed by atoms with E-state index in [1.165, 1.54) is 18.4 Å². The molecule has 1 aliphatic heterocycles. The van der Waals surface area contributed by atoms with Crippen molar-refractivity contribution >= 4 is 34.5 Å². The van der Waals surface area contributed by atoms with Crippen LogP contribution in [0.25, 0.3) is 27.3 Å². The first-order chi connectivity index (χ1) is 20.7. The van der Waals surface area contributed by atoms with Gasteiger partial charge in [-0.1, -0.05) is 30.3 Å². The molecule has 7 nitrogen and oxygen atoms in total. The summed E-state index contributed by atoms with van der Waals surface area (Å²) >= 11 is 1.24. The van der Waals surface area contributed by atoms with Crippen molar-refractivity contribution in [3.05, 3.63) is 65.8 Å². The first-order valence-electron chi connectivity index (χ1n) is 14.5. The Hall–Kier alpha value is -3.70. The van der Waals surface area contributed by atoms with E-state index in [1.54, 1.807) is 4.90 Å². The van der Waals surface area contributed by atoms with Crippen LogP contribution in [0.5, 0.6) is 0 Å². The zero-order chi connectivity index (χ0) is 30.1. The topological polar surface area (TPSA) is 73.1 Å². The maximum absolute atomic E-state index is 14.1. The van der Waals surface area contributed by atoms with E-state index in [0.29, 0.717) is 36.6 Å².